The Morgan fingerprint density at radius 2 is 2.00 bits per heavy atom. The first kappa shape index (κ1) is 14.5. The van der Waals surface area contributed by atoms with Gasteiger partial charge in [-0.3, -0.25) is 4.79 Å². The molecule has 1 aliphatic rings. The molecule has 5 heteroatoms. The molecule has 0 heterocycles. The summed E-state index contributed by atoms with van der Waals surface area (Å²) in [5, 5.41) is 0. The topological polar surface area (TPSA) is 35.5 Å². The summed E-state index contributed by atoms with van der Waals surface area (Å²) in [4.78, 5) is 11.5. The van der Waals surface area contributed by atoms with Gasteiger partial charge < -0.3 is 9.47 Å². The van der Waals surface area contributed by atoms with Crippen LogP contribution < -0.4 is 4.74 Å². The van der Waals surface area contributed by atoms with Crippen LogP contribution in [0.2, 0.25) is 0 Å². The van der Waals surface area contributed by atoms with Crippen molar-refractivity contribution in [1.82, 2.24) is 0 Å². The van der Waals surface area contributed by atoms with Crippen LogP contribution in [0.25, 0.3) is 6.08 Å². The molecule has 0 fully saturated rings. The molecule has 0 saturated carbocycles. The van der Waals surface area contributed by atoms with Gasteiger partial charge in [0.25, 0.3) is 0 Å². The Morgan fingerprint density at radius 1 is 1.25 bits per heavy atom. The summed E-state index contributed by atoms with van der Waals surface area (Å²) in [6.45, 7) is 0.719. The third-order valence-corrected chi connectivity index (χ3v) is 3.00. The fraction of sp³-hybridized carbons (Fsp3) is 0.400. The Hall–Kier alpha value is -1.91. The predicted molar refractivity (Wildman–Crippen MR) is 70.3 cm³/mol. The second kappa shape index (κ2) is 6.03. The number of fused-ring (bicyclic) bond motifs is 1. The van der Waals surface area contributed by atoms with Crippen molar-refractivity contribution >= 4 is 12.0 Å². The monoisotopic (exact) mass is 282 g/mol. The van der Waals surface area contributed by atoms with Gasteiger partial charge in [0.1, 0.15) is 11.5 Å². The van der Waals surface area contributed by atoms with Crippen LogP contribution in [0.15, 0.2) is 24.0 Å². The van der Waals surface area contributed by atoms with Crippen LogP contribution in [0.3, 0.4) is 0 Å². The number of carbonyl (C=O) groups excluding carboxylic acids is 1. The Bertz CT molecular complexity index is 536. The van der Waals surface area contributed by atoms with Gasteiger partial charge in [0.15, 0.2) is 0 Å². The van der Waals surface area contributed by atoms with Gasteiger partial charge >= 0.3 is 12.6 Å². The van der Waals surface area contributed by atoms with Crippen LogP contribution in [0.1, 0.15) is 31.4 Å². The van der Waals surface area contributed by atoms with E-state index in [4.69, 9.17) is 4.74 Å². The summed E-state index contributed by atoms with van der Waals surface area (Å²) in [6.07, 6.45) is 2.97. The third-order valence-electron chi connectivity index (χ3n) is 3.00. The Labute approximate surface area is 116 Å². The fourth-order valence-electron chi connectivity index (χ4n) is 1.95. The minimum Gasteiger partial charge on any atom is -0.435 e. The molecular weight excluding hydrogens is 266 g/mol. The van der Waals surface area contributed by atoms with Crippen molar-refractivity contribution < 1.29 is 23.0 Å². The molecule has 0 aromatic heterocycles. The third kappa shape index (κ3) is 3.56. The molecule has 0 bridgehead atoms. The van der Waals surface area contributed by atoms with Crippen molar-refractivity contribution in [2.75, 3.05) is 0 Å². The quantitative estimate of drug-likeness (QED) is 0.788. The zero-order chi connectivity index (χ0) is 14.7. The van der Waals surface area contributed by atoms with Gasteiger partial charge in [0.05, 0.1) is 5.92 Å². The average Bonchev–Trinajstić information content (AvgIpc) is 2.38. The maximum atomic E-state index is 12.1. The number of carbonyl (C=O) groups is 1. The second-order valence-electron chi connectivity index (χ2n) is 4.93. The van der Waals surface area contributed by atoms with Gasteiger partial charge in [0, 0.05) is 6.42 Å². The number of aryl methyl sites for hydroxylation is 1. The number of alkyl halides is 2. The smallest absolute Gasteiger partial charge is 0.387 e. The van der Waals surface area contributed by atoms with Crippen LogP contribution in [-0.2, 0) is 16.0 Å². The molecule has 0 atom stereocenters. The maximum Gasteiger partial charge on any atom is 0.387 e. The number of allylic oxidation sites excluding steroid dienone is 1. The van der Waals surface area contributed by atoms with Crippen LogP contribution in [0, 0.1) is 5.92 Å². The van der Waals surface area contributed by atoms with Gasteiger partial charge in [-0.25, -0.2) is 0 Å². The molecule has 0 aliphatic heterocycles. The minimum absolute atomic E-state index is 0.148. The predicted octanol–water partition coefficient (Wildman–Crippen LogP) is 3.77. The van der Waals surface area contributed by atoms with E-state index in [0.717, 1.165) is 11.1 Å². The van der Waals surface area contributed by atoms with E-state index in [1.54, 1.807) is 32.1 Å². The van der Waals surface area contributed by atoms with Crippen molar-refractivity contribution in [2.45, 2.75) is 33.3 Å². The number of rotatable bonds is 4. The lowest BCUT2D eigenvalue weighted by Gasteiger charge is -2.18. The molecule has 0 unspecified atom stereocenters. The molecule has 2 rings (SSSR count). The molecule has 0 amide bonds. The van der Waals surface area contributed by atoms with Crippen molar-refractivity contribution in [3.8, 4) is 5.75 Å². The van der Waals surface area contributed by atoms with E-state index < -0.39 is 6.61 Å². The molecular formula is C15H16F2O3. The van der Waals surface area contributed by atoms with Gasteiger partial charge in [-0.2, -0.15) is 8.78 Å². The molecule has 20 heavy (non-hydrogen) atoms. The highest BCUT2D eigenvalue weighted by atomic mass is 19.3. The first-order valence-corrected chi connectivity index (χ1v) is 6.45. The lowest BCUT2D eigenvalue weighted by atomic mass is 9.96. The summed E-state index contributed by atoms with van der Waals surface area (Å²) >= 11 is 0. The molecule has 1 aromatic rings. The molecule has 108 valence electrons. The van der Waals surface area contributed by atoms with E-state index in [1.165, 1.54) is 6.07 Å². The van der Waals surface area contributed by atoms with Gasteiger partial charge in [0.2, 0.25) is 0 Å². The maximum absolute atomic E-state index is 12.1. The van der Waals surface area contributed by atoms with Crippen molar-refractivity contribution in [1.29, 1.82) is 0 Å². The number of benzene rings is 1. The first-order valence-electron chi connectivity index (χ1n) is 6.45. The van der Waals surface area contributed by atoms with Gasteiger partial charge in [-0.1, -0.05) is 19.9 Å². The van der Waals surface area contributed by atoms with Gasteiger partial charge in [-0.05, 0) is 35.8 Å². The number of hydrogen-bond donors (Lipinski definition) is 0. The molecule has 1 aliphatic carbocycles. The zero-order valence-electron chi connectivity index (χ0n) is 11.4. The van der Waals surface area contributed by atoms with Crippen molar-refractivity contribution in [2.24, 2.45) is 5.92 Å². The number of ether oxygens (including phenoxy) is 2. The Kier molecular flexibility index (Phi) is 4.37. The molecule has 1 aromatic carbocycles. The Morgan fingerprint density at radius 3 is 2.65 bits per heavy atom. The largest absolute Gasteiger partial charge is 0.435 e. The number of halogens is 2. The lowest BCUT2D eigenvalue weighted by Crippen LogP contribution is -2.13. The number of esters is 1. The normalized spacial score (nSPS) is 14.0. The van der Waals surface area contributed by atoms with E-state index >= 15 is 0 Å². The fourth-order valence-corrected chi connectivity index (χ4v) is 1.95. The van der Waals surface area contributed by atoms with Gasteiger partial charge in [-0.15, -0.1) is 0 Å². The molecule has 0 N–H and O–H groups in total. The van der Waals surface area contributed by atoms with E-state index in [9.17, 15) is 13.6 Å². The van der Waals surface area contributed by atoms with Crippen LogP contribution in [0.5, 0.6) is 5.75 Å². The van der Waals surface area contributed by atoms with E-state index in [1.807, 2.05) is 0 Å². The van der Waals surface area contributed by atoms with Crippen LogP contribution in [0.4, 0.5) is 8.78 Å². The minimum atomic E-state index is -2.82. The highest BCUT2D eigenvalue weighted by Gasteiger charge is 2.17. The van der Waals surface area contributed by atoms with E-state index in [2.05, 4.69) is 4.74 Å². The van der Waals surface area contributed by atoms with Crippen LogP contribution in [-0.4, -0.2) is 12.6 Å². The second-order valence-corrected chi connectivity index (χ2v) is 4.93. The lowest BCUT2D eigenvalue weighted by molar-refractivity contribution is -0.143. The Balaban J connectivity index is 2.14. The van der Waals surface area contributed by atoms with Crippen LogP contribution >= 0.6 is 0 Å². The standard InChI is InChI=1S/C15H16F2O3/c1-9(2)14(18)19-12-5-3-11-8-13(20-15(16)17)6-4-10(11)7-12/h4,6-9,15H,3,5H2,1-2H3. The molecule has 3 nitrogen and oxygen atoms in total. The molecule has 0 saturated heterocycles. The summed E-state index contributed by atoms with van der Waals surface area (Å²) in [6, 6.07) is 4.77. The average molecular weight is 282 g/mol. The number of hydrogen-bond acceptors (Lipinski definition) is 3. The molecule has 0 radical (unpaired) electrons. The van der Waals surface area contributed by atoms with Crippen molar-refractivity contribution in [3.63, 3.8) is 0 Å². The summed E-state index contributed by atoms with van der Waals surface area (Å²) in [7, 11) is 0. The highest BCUT2D eigenvalue weighted by Crippen LogP contribution is 2.28. The van der Waals surface area contributed by atoms with E-state index in [0.29, 0.717) is 18.6 Å². The van der Waals surface area contributed by atoms with Crippen molar-refractivity contribution in [3.05, 3.63) is 35.1 Å². The van der Waals surface area contributed by atoms with E-state index in [-0.39, 0.29) is 17.6 Å². The summed E-state index contributed by atoms with van der Waals surface area (Å²) in [5.74, 6) is 0.310. The zero-order valence-corrected chi connectivity index (χ0v) is 11.4. The highest BCUT2D eigenvalue weighted by molar-refractivity contribution is 5.74. The summed E-state index contributed by atoms with van der Waals surface area (Å²) in [5.41, 5.74) is 1.77. The molecule has 0 spiro atoms. The summed E-state index contributed by atoms with van der Waals surface area (Å²) < 4.78 is 33.9. The first-order chi connectivity index (χ1) is 9.45. The SMILES string of the molecule is CC(C)C(=O)OC1=Cc2ccc(OC(F)F)cc2CC1.